The van der Waals surface area contributed by atoms with E-state index < -0.39 is 11.8 Å². The molecule has 4 rings (SSSR count). The Hall–Kier alpha value is -3.46. The third kappa shape index (κ3) is 4.52. The molecule has 0 aliphatic carbocycles. The highest BCUT2D eigenvalue weighted by molar-refractivity contribution is 6.30. The second-order valence-corrected chi connectivity index (χ2v) is 6.95. The zero-order valence-electron chi connectivity index (χ0n) is 15.2. The maximum absolute atomic E-state index is 12.3. The molecular weight excluding hydrogens is 396 g/mol. The summed E-state index contributed by atoms with van der Waals surface area (Å²) in [5.74, 6) is -0.125. The van der Waals surface area contributed by atoms with Gasteiger partial charge in [-0.25, -0.2) is 0 Å². The average Bonchev–Trinajstić information content (AvgIpc) is 3.20. The number of halogens is 1. The highest BCUT2D eigenvalue weighted by Crippen LogP contribution is 2.29. The van der Waals surface area contributed by atoms with Crippen LogP contribution in [0, 0.1) is 5.92 Å². The summed E-state index contributed by atoms with van der Waals surface area (Å²) >= 11 is 5.99. The maximum Gasteiger partial charge on any atom is 0.262 e. The smallest absolute Gasteiger partial charge is 0.262 e. The average molecular weight is 413 g/mol. The van der Waals surface area contributed by atoms with E-state index >= 15 is 0 Å². The summed E-state index contributed by atoms with van der Waals surface area (Å²) in [5.41, 5.74) is 6.43. The number of aromatic nitrogens is 4. The van der Waals surface area contributed by atoms with Gasteiger partial charge in [0.2, 0.25) is 11.7 Å². The van der Waals surface area contributed by atoms with Gasteiger partial charge < -0.3 is 4.74 Å². The van der Waals surface area contributed by atoms with E-state index in [-0.39, 0.29) is 19.1 Å². The summed E-state index contributed by atoms with van der Waals surface area (Å²) in [5, 5.41) is 12.5. The number of amides is 2. The van der Waals surface area contributed by atoms with Crippen molar-refractivity contribution in [3.63, 3.8) is 0 Å². The van der Waals surface area contributed by atoms with Crippen molar-refractivity contribution in [3.05, 3.63) is 59.1 Å². The van der Waals surface area contributed by atoms with Gasteiger partial charge in [-0.2, -0.15) is 4.80 Å². The summed E-state index contributed by atoms with van der Waals surface area (Å²) < 4.78 is 5.59. The van der Waals surface area contributed by atoms with Crippen LogP contribution in [0.4, 0.5) is 0 Å². The molecule has 148 valence electrons. The molecule has 0 saturated heterocycles. The van der Waals surface area contributed by atoms with E-state index in [1.165, 1.54) is 0 Å². The van der Waals surface area contributed by atoms with Crippen molar-refractivity contribution in [3.8, 4) is 17.1 Å². The molecule has 0 radical (unpaired) electrons. The van der Waals surface area contributed by atoms with Crippen LogP contribution in [0.5, 0.6) is 5.75 Å². The number of carbonyl (C=O) groups excluding carboxylic acids is 2. The van der Waals surface area contributed by atoms with E-state index in [9.17, 15) is 9.59 Å². The van der Waals surface area contributed by atoms with Gasteiger partial charge in [-0.3, -0.25) is 20.4 Å². The zero-order chi connectivity index (χ0) is 20.2. The molecule has 0 unspecified atom stereocenters. The standard InChI is InChI=1S/C19H17ClN6O3/c20-15-6-7-16-13(9-15)8-14(11-29-16)19(28)23-21-17(27)10-26-24-18(22-25-26)12-4-2-1-3-5-12/h1-7,9,14H,8,10-11H2,(H,21,27)(H,23,28)/t14-/m1/s1. The van der Waals surface area contributed by atoms with E-state index in [4.69, 9.17) is 16.3 Å². The molecule has 1 atom stereocenters. The number of carbonyl (C=O) groups is 2. The fraction of sp³-hybridized carbons (Fsp3) is 0.211. The topological polar surface area (TPSA) is 111 Å². The fourth-order valence-electron chi connectivity index (χ4n) is 2.95. The number of ether oxygens (including phenoxy) is 1. The first-order valence-electron chi connectivity index (χ1n) is 8.91. The summed E-state index contributed by atoms with van der Waals surface area (Å²) in [6.07, 6.45) is 0.475. The Bertz CT molecular complexity index is 1040. The van der Waals surface area contributed by atoms with Crippen LogP contribution in [0.1, 0.15) is 5.56 Å². The molecule has 1 aliphatic rings. The molecule has 0 spiro atoms. The summed E-state index contributed by atoms with van der Waals surface area (Å²) in [6.45, 7) is 0.0428. The van der Waals surface area contributed by atoms with Gasteiger partial charge >= 0.3 is 0 Å². The predicted octanol–water partition coefficient (Wildman–Crippen LogP) is 1.39. The summed E-state index contributed by atoms with van der Waals surface area (Å²) in [6, 6.07) is 14.6. The number of hydrogen-bond acceptors (Lipinski definition) is 6. The molecule has 2 aromatic carbocycles. The van der Waals surface area contributed by atoms with Crippen molar-refractivity contribution in [2.24, 2.45) is 5.92 Å². The maximum atomic E-state index is 12.3. The van der Waals surface area contributed by atoms with Crippen LogP contribution >= 0.6 is 11.6 Å². The van der Waals surface area contributed by atoms with Gasteiger partial charge in [-0.15, -0.1) is 10.2 Å². The molecule has 2 heterocycles. The van der Waals surface area contributed by atoms with Gasteiger partial charge in [0.15, 0.2) is 0 Å². The van der Waals surface area contributed by atoms with Crippen molar-refractivity contribution < 1.29 is 14.3 Å². The van der Waals surface area contributed by atoms with Gasteiger partial charge in [0.1, 0.15) is 18.9 Å². The highest BCUT2D eigenvalue weighted by Gasteiger charge is 2.26. The molecule has 0 fully saturated rings. The first-order chi connectivity index (χ1) is 14.1. The lowest BCUT2D eigenvalue weighted by Gasteiger charge is -2.24. The second kappa shape index (κ2) is 8.27. The van der Waals surface area contributed by atoms with Crippen molar-refractivity contribution in [2.45, 2.75) is 13.0 Å². The number of hydrogen-bond donors (Lipinski definition) is 2. The first kappa shape index (κ1) is 18.9. The molecule has 0 bridgehead atoms. The first-order valence-corrected chi connectivity index (χ1v) is 9.29. The van der Waals surface area contributed by atoms with Gasteiger partial charge in [0, 0.05) is 10.6 Å². The lowest BCUT2D eigenvalue weighted by molar-refractivity contribution is -0.132. The van der Waals surface area contributed by atoms with Crippen LogP contribution < -0.4 is 15.6 Å². The number of fused-ring (bicyclic) bond motifs is 1. The Morgan fingerprint density at radius 2 is 2.00 bits per heavy atom. The molecule has 29 heavy (non-hydrogen) atoms. The minimum Gasteiger partial charge on any atom is -0.492 e. The molecular formula is C19H17ClN6O3. The molecule has 0 saturated carbocycles. The van der Waals surface area contributed by atoms with Crippen LogP contribution in [0.3, 0.4) is 0 Å². The Labute approximate surface area is 171 Å². The van der Waals surface area contributed by atoms with Crippen molar-refractivity contribution in [2.75, 3.05) is 6.61 Å². The van der Waals surface area contributed by atoms with Crippen LogP contribution in [0.2, 0.25) is 5.02 Å². The highest BCUT2D eigenvalue weighted by atomic mass is 35.5. The minimum atomic E-state index is -0.476. The third-order valence-electron chi connectivity index (χ3n) is 4.39. The Kier molecular flexibility index (Phi) is 5.39. The van der Waals surface area contributed by atoms with Crippen LogP contribution in [-0.2, 0) is 22.6 Å². The lowest BCUT2D eigenvalue weighted by atomic mass is 9.96. The van der Waals surface area contributed by atoms with Crippen LogP contribution in [0.25, 0.3) is 11.4 Å². The number of benzene rings is 2. The Morgan fingerprint density at radius 3 is 2.83 bits per heavy atom. The summed E-state index contributed by atoms with van der Waals surface area (Å²) in [7, 11) is 0. The number of rotatable bonds is 4. The molecule has 10 heteroatoms. The molecule has 1 aliphatic heterocycles. The monoisotopic (exact) mass is 412 g/mol. The largest absolute Gasteiger partial charge is 0.492 e. The van der Waals surface area contributed by atoms with E-state index in [1.54, 1.807) is 18.2 Å². The number of hydrazine groups is 1. The van der Waals surface area contributed by atoms with Gasteiger partial charge in [0.25, 0.3) is 5.91 Å². The van der Waals surface area contributed by atoms with Crippen molar-refractivity contribution in [1.82, 2.24) is 31.1 Å². The fourth-order valence-corrected chi connectivity index (χ4v) is 3.14. The third-order valence-corrected chi connectivity index (χ3v) is 4.63. The zero-order valence-corrected chi connectivity index (χ0v) is 16.0. The Balaban J connectivity index is 1.29. The number of nitrogens with zero attached hydrogens (tertiary/aromatic N) is 4. The normalized spacial score (nSPS) is 15.1. The second-order valence-electron chi connectivity index (χ2n) is 6.51. The van der Waals surface area contributed by atoms with Gasteiger partial charge in [-0.05, 0) is 35.4 Å². The van der Waals surface area contributed by atoms with Gasteiger partial charge in [-0.1, -0.05) is 41.9 Å². The van der Waals surface area contributed by atoms with Crippen molar-refractivity contribution >= 4 is 23.4 Å². The van der Waals surface area contributed by atoms with Crippen molar-refractivity contribution in [1.29, 1.82) is 0 Å². The van der Waals surface area contributed by atoms with Gasteiger partial charge in [0.05, 0.1) is 5.92 Å². The molecule has 2 amide bonds. The van der Waals surface area contributed by atoms with E-state index in [1.807, 2.05) is 30.3 Å². The number of tetrazole rings is 1. The van der Waals surface area contributed by atoms with Crippen LogP contribution in [0.15, 0.2) is 48.5 Å². The van der Waals surface area contributed by atoms with E-state index in [0.717, 1.165) is 15.9 Å². The number of nitrogens with one attached hydrogen (secondary N) is 2. The van der Waals surface area contributed by atoms with E-state index in [2.05, 4.69) is 26.3 Å². The summed E-state index contributed by atoms with van der Waals surface area (Å²) in [4.78, 5) is 25.6. The quantitative estimate of drug-likeness (QED) is 0.626. The molecule has 9 nitrogen and oxygen atoms in total. The van der Waals surface area contributed by atoms with E-state index in [0.29, 0.717) is 23.0 Å². The minimum absolute atomic E-state index is 0.181. The molecule has 1 aromatic heterocycles. The lowest BCUT2D eigenvalue weighted by Crippen LogP contribution is -2.48. The Morgan fingerprint density at radius 1 is 1.17 bits per heavy atom. The predicted molar refractivity (Wildman–Crippen MR) is 104 cm³/mol. The van der Waals surface area contributed by atoms with Crippen LogP contribution in [-0.4, -0.2) is 38.6 Å². The SMILES string of the molecule is O=C(Cn1nnc(-c2ccccc2)n1)NNC(=O)[C@H]1COc2ccc(Cl)cc2C1. The molecule has 2 N–H and O–H groups in total. The molecule has 3 aromatic rings.